The minimum Gasteiger partial charge on any atom is -0.357 e. The molecule has 0 amide bonds. The fourth-order valence-electron chi connectivity index (χ4n) is 1.57. The van der Waals surface area contributed by atoms with E-state index in [1.807, 2.05) is 0 Å². The monoisotopic (exact) mass is 278 g/mol. The average Bonchev–Trinajstić information content (AvgIpc) is 2.72. The van der Waals surface area contributed by atoms with Gasteiger partial charge in [-0.1, -0.05) is 0 Å². The lowest BCUT2D eigenvalue weighted by molar-refractivity contribution is -0.141. The van der Waals surface area contributed by atoms with Crippen molar-refractivity contribution in [2.45, 2.75) is 6.18 Å². The van der Waals surface area contributed by atoms with Gasteiger partial charge in [-0.25, -0.2) is 9.50 Å². The summed E-state index contributed by atoms with van der Waals surface area (Å²) in [5.41, 5.74) is -0.631. The molecule has 0 aliphatic heterocycles. The Morgan fingerprint density at radius 1 is 1.44 bits per heavy atom. The van der Waals surface area contributed by atoms with Crippen molar-refractivity contribution >= 4 is 22.9 Å². The topological polar surface area (TPSA) is 33.4 Å². The smallest absolute Gasteiger partial charge is 0.357 e. The van der Waals surface area contributed by atoms with E-state index in [9.17, 15) is 13.2 Å². The summed E-state index contributed by atoms with van der Waals surface area (Å²) in [4.78, 5) is 5.74. The Hall–Kier alpha value is -1.50. The van der Waals surface area contributed by atoms with Crippen molar-refractivity contribution in [3.8, 4) is 0 Å². The van der Waals surface area contributed by atoms with Crippen LogP contribution in [0.5, 0.6) is 0 Å². The van der Waals surface area contributed by atoms with Gasteiger partial charge in [0.2, 0.25) is 0 Å². The molecule has 2 rings (SSSR count). The molecule has 0 saturated carbocycles. The summed E-state index contributed by atoms with van der Waals surface area (Å²) in [6, 6.07) is 0.979. The van der Waals surface area contributed by atoms with E-state index < -0.39 is 11.9 Å². The molecule has 0 N–H and O–H groups in total. The van der Waals surface area contributed by atoms with Gasteiger partial charge in [-0.15, -0.1) is 11.6 Å². The highest BCUT2D eigenvalue weighted by Crippen LogP contribution is 2.30. The maximum absolute atomic E-state index is 12.6. The fraction of sp³-hybridized carbons (Fsp3) is 0.400. The van der Waals surface area contributed by atoms with E-state index in [-0.39, 0.29) is 0 Å². The molecular weight excluding hydrogens is 269 g/mol. The van der Waals surface area contributed by atoms with Gasteiger partial charge in [-0.3, -0.25) is 0 Å². The second-order valence-electron chi connectivity index (χ2n) is 3.72. The van der Waals surface area contributed by atoms with Gasteiger partial charge in [0.05, 0.1) is 0 Å². The molecule has 0 radical (unpaired) electrons. The van der Waals surface area contributed by atoms with Crippen LogP contribution in [-0.4, -0.2) is 34.1 Å². The van der Waals surface area contributed by atoms with Gasteiger partial charge < -0.3 is 4.90 Å². The number of hydrogen-bond donors (Lipinski definition) is 0. The Labute approximate surface area is 106 Å². The highest BCUT2D eigenvalue weighted by atomic mass is 35.5. The van der Waals surface area contributed by atoms with E-state index in [1.54, 1.807) is 11.9 Å². The molecule has 2 aromatic heterocycles. The Balaban J connectivity index is 2.52. The quantitative estimate of drug-likeness (QED) is 0.809. The Kier molecular flexibility index (Phi) is 3.34. The van der Waals surface area contributed by atoms with E-state index in [0.717, 1.165) is 10.6 Å². The SMILES string of the molecule is CN(CCCl)c1nccn2nc(C(F)(F)F)cc12. The molecule has 98 valence electrons. The highest BCUT2D eigenvalue weighted by molar-refractivity contribution is 6.18. The van der Waals surface area contributed by atoms with E-state index in [1.165, 1.54) is 12.4 Å². The first kappa shape index (κ1) is 12.9. The van der Waals surface area contributed by atoms with E-state index in [0.29, 0.717) is 23.8 Å². The van der Waals surface area contributed by atoms with Gasteiger partial charge in [0.25, 0.3) is 0 Å². The molecule has 0 aromatic carbocycles. The molecule has 0 aliphatic carbocycles. The number of alkyl halides is 4. The van der Waals surface area contributed by atoms with Crippen LogP contribution in [0.3, 0.4) is 0 Å². The van der Waals surface area contributed by atoms with Crippen LogP contribution >= 0.6 is 11.6 Å². The van der Waals surface area contributed by atoms with Crippen LogP contribution in [0.15, 0.2) is 18.5 Å². The molecule has 0 aliphatic rings. The summed E-state index contributed by atoms with van der Waals surface area (Å²) >= 11 is 5.60. The van der Waals surface area contributed by atoms with Crippen molar-refractivity contribution in [2.24, 2.45) is 0 Å². The van der Waals surface area contributed by atoms with Gasteiger partial charge in [0.1, 0.15) is 5.52 Å². The summed E-state index contributed by atoms with van der Waals surface area (Å²) in [5.74, 6) is 0.778. The Bertz CT molecular complexity index is 552. The van der Waals surface area contributed by atoms with Crippen LogP contribution < -0.4 is 4.90 Å². The summed E-state index contributed by atoms with van der Waals surface area (Å²) in [7, 11) is 1.71. The number of anilines is 1. The van der Waals surface area contributed by atoms with Gasteiger partial charge >= 0.3 is 6.18 Å². The number of halogens is 4. The molecule has 0 fully saturated rings. The summed E-state index contributed by atoms with van der Waals surface area (Å²) < 4.78 is 38.9. The fourth-order valence-corrected chi connectivity index (χ4v) is 1.83. The standard InChI is InChI=1S/C10H10ClF3N4/c1-17(4-2-11)9-7-6-8(10(12,13)14)16-18(7)5-3-15-9/h3,5-6H,2,4H2,1H3. The second-order valence-corrected chi connectivity index (χ2v) is 4.10. The number of rotatable bonds is 3. The zero-order valence-electron chi connectivity index (χ0n) is 9.45. The van der Waals surface area contributed by atoms with Crippen LogP contribution in [0, 0.1) is 0 Å². The predicted molar refractivity (Wildman–Crippen MR) is 62.0 cm³/mol. The molecule has 0 atom stereocenters. The van der Waals surface area contributed by atoms with E-state index in [2.05, 4.69) is 10.1 Å². The molecule has 2 aromatic rings. The van der Waals surface area contributed by atoms with E-state index in [4.69, 9.17) is 11.6 Å². The number of fused-ring (bicyclic) bond motifs is 1. The zero-order chi connectivity index (χ0) is 13.3. The second kappa shape index (κ2) is 4.64. The zero-order valence-corrected chi connectivity index (χ0v) is 10.2. The number of nitrogens with zero attached hydrogens (tertiary/aromatic N) is 4. The molecule has 0 bridgehead atoms. The molecule has 8 heteroatoms. The van der Waals surface area contributed by atoms with Crippen molar-refractivity contribution in [1.29, 1.82) is 0 Å². The summed E-state index contributed by atoms with van der Waals surface area (Å²) in [5, 5.41) is 3.48. The normalized spacial score (nSPS) is 12.1. The lowest BCUT2D eigenvalue weighted by Gasteiger charge is -2.16. The Morgan fingerprint density at radius 2 is 2.17 bits per heavy atom. The third-order valence-electron chi connectivity index (χ3n) is 2.44. The first-order valence-electron chi connectivity index (χ1n) is 5.12. The molecular formula is C10H10ClF3N4. The van der Waals surface area contributed by atoms with Crippen molar-refractivity contribution in [3.63, 3.8) is 0 Å². The molecule has 18 heavy (non-hydrogen) atoms. The summed E-state index contributed by atoms with van der Waals surface area (Å²) in [6.45, 7) is 0.487. The van der Waals surface area contributed by atoms with Crippen LogP contribution in [0.2, 0.25) is 0 Å². The average molecular weight is 279 g/mol. The van der Waals surface area contributed by atoms with Crippen molar-refractivity contribution in [3.05, 3.63) is 24.2 Å². The first-order valence-corrected chi connectivity index (χ1v) is 5.65. The number of aromatic nitrogens is 3. The van der Waals surface area contributed by atoms with Gasteiger partial charge in [-0.05, 0) is 0 Å². The van der Waals surface area contributed by atoms with Gasteiger partial charge in [0, 0.05) is 37.9 Å². The lowest BCUT2D eigenvalue weighted by atomic mass is 10.3. The molecule has 0 unspecified atom stereocenters. The number of hydrogen-bond acceptors (Lipinski definition) is 3. The minimum absolute atomic E-state index is 0.303. The molecule has 0 spiro atoms. The summed E-state index contributed by atoms with van der Waals surface area (Å²) in [6.07, 6.45) is -1.68. The van der Waals surface area contributed by atoms with Crippen LogP contribution in [0.25, 0.3) is 5.52 Å². The largest absolute Gasteiger partial charge is 0.435 e. The Morgan fingerprint density at radius 3 is 2.78 bits per heavy atom. The highest BCUT2D eigenvalue weighted by Gasteiger charge is 2.34. The molecule has 2 heterocycles. The van der Waals surface area contributed by atoms with Gasteiger partial charge in [-0.2, -0.15) is 18.3 Å². The van der Waals surface area contributed by atoms with Gasteiger partial charge in [0.15, 0.2) is 11.5 Å². The molecule has 4 nitrogen and oxygen atoms in total. The first-order chi connectivity index (χ1) is 8.43. The third-order valence-corrected chi connectivity index (χ3v) is 2.61. The van der Waals surface area contributed by atoms with Crippen LogP contribution in [-0.2, 0) is 6.18 Å². The van der Waals surface area contributed by atoms with E-state index >= 15 is 0 Å². The lowest BCUT2D eigenvalue weighted by Crippen LogP contribution is -2.21. The molecule has 0 saturated heterocycles. The van der Waals surface area contributed by atoms with Crippen molar-refractivity contribution in [1.82, 2.24) is 14.6 Å². The third kappa shape index (κ3) is 2.35. The predicted octanol–water partition coefficient (Wildman–Crippen LogP) is 2.42. The van der Waals surface area contributed by atoms with Crippen LogP contribution in [0.1, 0.15) is 5.69 Å². The minimum atomic E-state index is -4.46. The maximum Gasteiger partial charge on any atom is 0.435 e. The van der Waals surface area contributed by atoms with Crippen molar-refractivity contribution in [2.75, 3.05) is 24.4 Å². The van der Waals surface area contributed by atoms with Crippen molar-refractivity contribution < 1.29 is 13.2 Å². The van der Waals surface area contributed by atoms with Crippen LogP contribution in [0.4, 0.5) is 19.0 Å². The maximum atomic E-state index is 12.6.